The Morgan fingerprint density at radius 3 is 2.65 bits per heavy atom. The second-order valence-corrected chi connectivity index (χ2v) is 6.69. The Labute approximate surface area is 176 Å². The van der Waals surface area contributed by atoms with Crippen LogP contribution in [0.4, 0.5) is 21.8 Å². The Balaban J connectivity index is 1.39. The van der Waals surface area contributed by atoms with Crippen molar-refractivity contribution in [2.75, 3.05) is 11.1 Å². The number of anilines is 3. The number of aromatic nitrogens is 3. The molecule has 152 valence electrons. The summed E-state index contributed by atoms with van der Waals surface area (Å²) in [5, 5.41) is 3.82. The summed E-state index contributed by atoms with van der Waals surface area (Å²) in [6.45, 7) is 0. The molecule has 0 saturated heterocycles. The lowest BCUT2D eigenvalue weighted by Crippen LogP contribution is -2.02. The number of nitrogens with one attached hydrogen (secondary N) is 1. The number of rotatable bonds is 5. The highest BCUT2D eigenvalue weighted by Gasteiger charge is 2.11. The third-order valence-corrected chi connectivity index (χ3v) is 4.60. The van der Waals surface area contributed by atoms with Crippen molar-refractivity contribution in [3.8, 4) is 22.8 Å². The normalized spacial score (nSPS) is 10.9. The molecule has 0 saturated carbocycles. The maximum Gasteiger partial charge on any atom is 0.222 e. The quantitative estimate of drug-likeness (QED) is 0.390. The molecule has 3 heterocycles. The van der Waals surface area contributed by atoms with Crippen LogP contribution in [0.25, 0.3) is 22.2 Å². The summed E-state index contributed by atoms with van der Waals surface area (Å²) < 4.78 is 25.9. The summed E-state index contributed by atoms with van der Waals surface area (Å²) in [6.07, 6.45) is 4.90. The fourth-order valence-electron chi connectivity index (χ4n) is 3.18. The maximum absolute atomic E-state index is 14.7. The molecule has 0 bridgehead atoms. The fraction of sp³-hybridized carbons (Fsp3) is 0. The minimum atomic E-state index is -0.526. The molecule has 0 aliphatic rings. The molecule has 3 N–H and O–H groups in total. The molecule has 0 fully saturated rings. The van der Waals surface area contributed by atoms with Gasteiger partial charge in [-0.25, -0.2) is 9.37 Å². The molecular formula is C23H16FN5O2. The Hall–Kier alpha value is -4.46. The van der Waals surface area contributed by atoms with Crippen molar-refractivity contribution in [3.05, 3.63) is 85.1 Å². The third kappa shape index (κ3) is 3.86. The lowest BCUT2D eigenvalue weighted by Gasteiger charge is -2.11. The first-order valence-corrected chi connectivity index (χ1v) is 9.41. The summed E-state index contributed by atoms with van der Waals surface area (Å²) in [5.74, 6) is 0.623. The number of fused-ring (bicyclic) bond motifs is 1. The number of nitrogen functional groups attached to an aromatic ring is 1. The van der Waals surface area contributed by atoms with Gasteiger partial charge in [-0.05, 0) is 42.5 Å². The van der Waals surface area contributed by atoms with E-state index >= 15 is 0 Å². The fourth-order valence-corrected chi connectivity index (χ4v) is 3.18. The molecule has 0 spiro atoms. The van der Waals surface area contributed by atoms with Gasteiger partial charge in [-0.1, -0.05) is 6.07 Å². The Bertz CT molecular complexity index is 1370. The standard InChI is InChI=1S/C23H16FN5O2/c24-17-12-15(4-5-21(17)31-20-3-1-2-19-16(20)8-11-30-19)27-22-13-18(28-23(25)29-22)14-6-9-26-10-7-14/h1-13H,(H3,25,27,28,29). The molecule has 0 amide bonds. The zero-order chi connectivity index (χ0) is 21.2. The van der Waals surface area contributed by atoms with Gasteiger partial charge in [0.25, 0.3) is 0 Å². The first-order valence-electron chi connectivity index (χ1n) is 9.41. The maximum atomic E-state index is 14.7. The van der Waals surface area contributed by atoms with E-state index in [0.717, 1.165) is 10.9 Å². The van der Waals surface area contributed by atoms with E-state index in [-0.39, 0.29) is 11.7 Å². The van der Waals surface area contributed by atoms with Gasteiger partial charge in [-0.15, -0.1) is 0 Å². The predicted octanol–water partition coefficient (Wildman–Crippen LogP) is 5.54. The van der Waals surface area contributed by atoms with Gasteiger partial charge in [0.1, 0.15) is 17.2 Å². The molecule has 8 heteroatoms. The van der Waals surface area contributed by atoms with E-state index in [1.165, 1.54) is 6.07 Å². The van der Waals surface area contributed by atoms with Crippen LogP contribution in [0.3, 0.4) is 0 Å². The molecule has 7 nitrogen and oxygen atoms in total. The van der Waals surface area contributed by atoms with Crippen LogP contribution < -0.4 is 15.8 Å². The summed E-state index contributed by atoms with van der Waals surface area (Å²) in [6, 6.07) is 17.1. The van der Waals surface area contributed by atoms with Crippen molar-refractivity contribution in [1.82, 2.24) is 15.0 Å². The van der Waals surface area contributed by atoms with E-state index in [1.807, 2.05) is 18.2 Å². The van der Waals surface area contributed by atoms with E-state index in [4.69, 9.17) is 14.9 Å². The van der Waals surface area contributed by atoms with Gasteiger partial charge in [-0.2, -0.15) is 4.98 Å². The number of halogens is 1. The largest absolute Gasteiger partial charge is 0.464 e. The first kappa shape index (κ1) is 18.6. The Morgan fingerprint density at radius 1 is 0.935 bits per heavy atom. The van der Waals surface area contributed by atoms with Gasteiger partial charge >= 0.3 is 0 Å². The Morgan fingerprint density at radius 2 is 1.81 bits per heavy atom. The van der Waals surface area contributed by atoms with Crippen LogP contribution >= 0.6 is 0 Å². The van der Waals surface area contributed by atoms with Gasteiger partial charge in [-0.3, -0.25) is 4.98 Å². The van der Waals surface area contributed by atoms with E-state index in [9.17, 15) is 4.39 Å². The number of nitrogens with two attached hydrogens (primary N) is 1. The van der Waals surface area contributed by atoms with Crippen LogP contribution in [0.2, 0.25) is 0 Å². The lowest BCUT2D eigenvalue weighted by molar-refractivity contribution is 0.446. The topological polar surface area (TPSA) is 99.1 Å². The number of hydrogen-bond acceptors (Lipinski definition) is 7. The van der Waals surface area contributed by atoms with Crippen LogP contribution in [-0.2, 0) is 0 Å². The molecule has 0 radical (unpaired) electrons. The first-order chi connectivity index (χ1) is 15.2. The second kappa shape index (κ2) is 7.75. The number of hydrogen-bond donors (Lipinski definition) is 2. The monoisotopic (exact) mass is 413 g/mol. The van der Waals surface area contributed by atoms with Gasteiger partial charge < -0.3 is 20.2 Å². The number of nitrogens with zero attached hydrogens (tertiary/aromatic N) is 3. The van der Waals surface area contributed by atoms with Crippen LogP contribution in [-0.4, -0.2) is 15.0 Å². The van der Waals surface area contributed by atoms with Gasteiger partial charge in [0, 0.05) is 35.8 Å². The highest BCUT2D eigenvalue weighted by atomic mass is 19.1. The minimum Gasteiger partial charge on any atom is -0.464 e. The predicted molar refractivity (Wildman–Crippen MR) is 116 cm³/mol. The zero-order valence-corrected chi connectivity index (χ0v) is 16.1. The van der Waals surface area contributed by atoms with Crippen LogP contribution in [0.5, 0.6) is 11.5 Å². The van der Waals surface area contributed by atoms with Crippen LogP contribution in [0.15, 0.2) is 83.7 Å². The van der Waals surface area contributed by atoms with Crippen molar-refractivity contribution in [1.29, 1.82) is 0 Å². The van der Waals surface area contributed by atoms with E-state index in [2.05, 4.69) is 20.3 Å². The highest BCUT2D eigenvalue weighted by molar-refractivity contribution is 5.84. The molecule has 3 aromatic heterocycles. The second-order valence-electron chi connectivity index (χ2n) is 6.69. The third-order valence-electron chi connectivity index (χ3n) is 4.60. The SMILES string of the molecule is Nc1nc(Nc2ccc(Oc3cccc4occc34)c(F)c2)cc(-c2ccncc2)n1. The minimum absolute atomic E-state index is 0.0962. The van der Waals surface area contributed by atoms with E-state index in [1.54, 1.807) is 55.1 Å². The molecule has 5 aromatic rings. The number of benzene rings is 2. The molecular weight excluding hydrogens is 397 g/mol. The van der Waals surface area contributed by atoms with Crippen molar-refractivity contribution >= 4 is 28.4 Å². The summed E-state index contributed by atoms with van der Waals surface area (Å²) >= 11 is 0. The van der Waals surface area contributed by atoms with Crippen molar-refractivity contribution in [2.45, 2.75) is 0 Å². The van der Waals surface area contributed by atoms with Crippen molar-refractivity contribution < 1.29 is 13.5 Å². The van der Waals surface area contributed by atoms with Crippen molar-refractivity contribution in [3.63, 3.8) is 0 Å². The number of furan rings is 1. The highest BCUT2D eigenvalue weighted by Crippen LogP contribution is 2.33. The average Bonchev–Trinajstić information content (AvgIpc) is 3.26. The molecule has 31 heavy (non-hydrogen) atoms. The van der Waals surface area contributed by atoms with Gasteiger partial charge in [0.15, 0.2) is 11.6 Å². The number of ether oxygens (including phenoxy) is 1. The molecule has 0 aliphatic heterocycles. The molecule has 5 rings (SSSR count). The van der Waals surface area contributed by atoms with Gasteiger partial charge in [0.05, 0.1) is 17.3 Å². The van der Waals surface area contributed by atoms with Gasteiger partial charge in [0.2, 0.25) is 5.95 Å². The summed E-state index contributed by atoms with van der Waals surface area (Å²) in [4.78, 5) is 12.4. The Kier molecular flexibility index (Phi) is 4.64. The lowest BCUT2D eigenvalue weighted by atomic mass is 10.2. The van der Waals surface area contributed by atoms with Crippen LogP contribution in [0.1, 0.15) is 0 Å². The smallest absolute Gasteiger partial charge is 0.222 e. The van der Waals surface area contributed by atoms with E-state index < -0.39 is 5.82 Å². The van der Waals surface area contributed by atoms with E-state index in [0.29, 0.717) is 28.5 Å². The summed E-state index contributed by atoms with van der Waals surface area (Å²) in [7, 11) is 0. The molecule has 0 unspecified atom stereocenters. The average molecular weight is 413 g/mol. The molecule has 0 atom stereocenters. The van der Waals surface area contributed by atoms with Crippen LogP contribution in [0, 0.1) is 5.82 Å². The van der Waals surface area contributed by atoms with Crippen molar-refractivity contribution in [2.24, 2.45) is 0 Å². The number of pyridine rings is 1. The summed E-state index contributed by atoms with van der Waals surface area (Å²) in [5.41, 5.74) is 8.48. The zero-order valence-electron chi connectivity index (χ0n) is 16.1. The molecule has 0 aliphatic carbocycles. The molecule has 2 aromatic carbocycles.